The SMILES string of the molecule is O=C(Nc1ccnc(Oc2ccccc2)c1)c1cc(Br)ccc1F. The fourth-order valence-corrected chi connectivity index (χ4v) is 2.38. The molecule has 6 heteroatoms. The second kappa shape index (κ2) is 7.23. The Morgan fingerprint density at radius 1 is 1.08 bits per heavy atom. The standard InChI is InChI=1S/C18H12BrFN2O2/c19-12-6-7-16(20)15(10-12)18(23)22-13-8-9-21-17(11-13)24-14-4-2-1-3-5-14/h1-11H,(H,21,22,23). The van der Waals surface area contributed by atoms with E-state index >= 15 is 0 Å². The molecular weight excluding hydrogens is 375 g/mol. The van der Waals surface area contributed by atoms with Crippen LogP contribution < -0.4 is 10.1 Å². The van der Waals surface area contributed by atoms with Crippen molar-refractivity contribution in [3.05, 3.63) is 82.7 Å². The molecule has 24 heavy (non-hydrogen) atoms. The van der Waals surface area contributed by atoms with Crippen molar-refractivity contribution >= 4 is 27.5 Å². The molecule has 0 fully saturated rings. The first-order chi connectivity index (χ1) is 11.6. The summed E-state index contributed by atoms with van der Waals surface area (Å²) in [5.41, 5.74) is 0.409. The third kappa shape index (κ3) is 3.97. The number of nitrogens with one attached hydrogen (secondary N) is 1. The van der Waals surface area contributed by atoms with Gasteiger partial charge in [-0.2, -0.15) is 0 Å². The lowest BCUT2D eigenvalue weighted by Gasteiger charge is -2.09. The number of benzene rings is 2. The van der Waals surface area contributed by atoms with Gasteiger partial charge in [-0.15, -0.1) is 0 Å². The number of aromatic nitrogens is 1. The van der Waals surface area contributed by atoms with Gasteiger partial charge in [0.15, 0.2) is 0 Å². The number of amides is 1. The van der Waals surface area contributed by atoms with Gasteiger partial charge >= 0.3 is 0 Å². The summed E-state index contributed by atoms with van der Waals surface area (Å²) in [4.78, 5) is 16.3. The molecule has 1 heterocycles. The normalized spacial score (nSPS) is 10.2. The number of ether oxygens (including phenoxy) is 1. The van der Waals surface area contributed by atoms with Gasteiger partial charge in [-0.3, -0.25) is 4.79 Å². The number of para-hydroxylation sites is 1. The van der Waals surface area contributed by atoms with E-state index in [1.54, 1.807) is 24.3 Å². The lowest BCUT2D eigenvalue weighted by molar-refractivity contribution is 0.102. The Labute approximate surface area is 146 Å². The third-order valence-electron chi connectivity index (χ3n) is 3.13. The number of anilines is 1. The molecule has 2 aromatic carbocycles. The van der Waals surface area contributed by atoms with Crippen molar-refractivity contribution in [3.8, 4) is 11.6 Å². The van der Waals surface area contributed by atoms with Gasteiger partial charge in [0, 0.05) is 22.4 Å². The predicted octanol–water partition coefficient (Wildman–Crippen LogP) is 5.03. The van der Waals surface area contributed by atoms with Crippen LogP contribution in [0.2, 0.25) is 0 Å². The summed E-state index contributed by atoms with van der Waals surface area (Å²) in [6.07, 6.45) is 1.51. The summed E-state index contributed by atoms with van der Waals surface area (Å²) in [7, 11) is 0. The Morgan fingerprint density at radius 3 is 2.67 bits per heavy atom. The number of hydrogen-bond donors (Lipinski definition) is 1. The first kappa shape index (κ1) is 16.1. The van der Waals surface area contributed by atoms with Crippen LogP contribution >= 0.6 is 15.9 Å². The summed E-state index contributed by atoms with van der Waals surface area (Å²) >= 11 is 3.22. The van der Waals surface area contributed by atoms with E-state index in [1.165, 1.54) is 24.4 Å². The molecule has 0 aliphatic rings. The van der Waals surface area contributed by atoms with Gasteiger partial charge in [-0.25, -0.2) is 9.37 Å². The molecule has 0 atom stereocenters. The Balaban J connectivity index is 1.77. The Morgan fingerprint density at radius 2 is 1.88 bits per heavy atom. The van der Waals surface area contributed by atoms with Gasteiger partial charge in [0.25, 0.3) is 5.91 Å². The van der Waals surface area contributed by atoms with Gasteiger partial charge in [0.2, 0.25) is 5.88 Å². The number of carbonyl (C=O) groups excluding carboxylic acids is 1. The molecule has 0 aliphatic heterocycles. The molecule has 3 rings (SSSR count). The third-order valence-corrected chi connectivity index (χ3v) is 3.62. The summed E-state index contributed by atoms with van der Waals surface area (Å²) in [6, 6.07) is 16.5. The Bertz CT molecular complexity index is 872. The van der Waals surface area contributed by atoms with Crippen LogP contribution in [0, 0.1) is 5.82 Å². The maximum Gasteiger partial charge on any atom is 0.258 e. The quantitative estimate of drug-likeness (QED) is 0.684. The molecule has 0 radical (unpaired) electrons. The zero-order valence-electron chi connectivity index (χ0n) is 12.4. The molecular formula is C18H12BrFN2O2. The largest absolute Gasteiger partial charge is 0.439 e. The van der Waals surface area contributed by atoms with E-state index in [1.807, 2.05) is 18.2 Å². The fraction of sp³-hybridized carbons (Fsp3) is 0. The maximum atomic E-state index is 13.8. The van der Waals surface area contributed by atoms with Gasteiger partial charge < -0.3 is 10.1 Å². The average Bonchev–Trinajstić information content (AvgIpc) is 2.58. The van der Waals surface area contributed by atoms with Crippen molar-refractivity contribution in [3.63, 3.8) is 0 Å². The second-order valence-electron chi connectivity index (χ2n) is 4.88. The monoisotopic (exact) mass is 386 g/mol. The highest BCUT2D eigenvalue weighted by Crippen LogP contribution is 2.22. The smallest absolute Gasteiger partial charge is 0.258 e. The Hall–Kier alpha value is -2.73. The van der Waals surface area contributed by atoms with Crippen molar-refractivity contribution in [2.75, 3.05) is 5.32 Å². The average molecular weight is 387 g/mol. The molecule has 0 unspecified atom stereocenters. The zero-order chi connectivity index (χ0) is 16.9. The van der Waals surface area contributed by atoms with E-state index < -0.39 is 11.7 Å². The van der Waals surface area contributed by atoms with Crippen LogP contribution in [-0.2, 0) is 0 Å². The van der Waals surface area contributed by atoms with Crippen LogP contribution in [0.5, 0.6) is 11.6 Å². The van der Waals surface area contributed by atoms with Crippen molar-refractivity contribution < 1.29 is 13.9 Å². The summed E-state index contributed by atoms with van der Waals surface area (Å²) in [5.74, 6) is -0.184. The molecule has 1 aromatic heterocycles. The molecule has 1 N–H and O–H groups in total. The maximum absolute atomic E-state index is 13.8. The first-order valence-corrected chi connectivity index (χ1v) is 7.86. The van der Waals surface area contributed by atoms with Gasteiger partial charge in [0.1, 0.15) is 11.6 Å². The minimum atomic E-state index is -0.592. The zero-order valence-corrected chi connectivity index (χ0v) is 14.0. The fourth-order valence-electron chi connectivity index (χ4n) is 2.02. The van der Waals surface area contributed by atoms with Crippen LogP contribution in [-0.4, -0.2) is 10.9 Å². The first-order valence-electron chi connectivity index (χ1n) is 7.07. The lowest BCUT2D eigenvalue weighted by atomic mass is 10.2. The molecule has 0 aliphatic carbocycles. The van der Waals surface area contributed by atoms with E-state index in [-0.39, 0.29) is 5.56 Å². The van der Waals surface area contributed by atoms with Crippen molar-refractivity contribution in [2.24, 2.45) is 0 Å². The highest BCUT2D eigenvalue weighted by Gasteiger charge is 2.13. The minimum absolute atomic E-state index is 0.0493. The van der Waals surface area contributed by atoms with Gasteiger partial charge in [-0.05, 0) is 36.4 Å². The minimum Gasteiger partial charge on any atom is -0.439 e. The number of nitrogens with zero attached hydrogens (tertiary/aromatic N) is 1. The lowest BCUT2D eigenvalue weighted by Crippen LogP contribution is -2.13. The summed E-state index contributed by atoms with van der Waals surface area (Å²) in [6.45, 7) is 0. The summed E-state index contributed by atoms with van der Waals surface area (Å²) < 4.78 is 20.0. The number of pyridine rings is 1. The highest BCUT2D eigenvalue weighted by atomic mass is 79.9. The number of hydrogen-bond acceptors (Lipinski definition) is 3. The molecule has 0 saturated heterocycles. The topological polar surface area (TPSA) is 51.2 Å². The Kier molecular flexibility index (Phi) is 4.86. The molecule has 0 spiro atoms. The predicted molar refractivity (Wildman–Crippen MR) is 92.8 cm³/mol. The number of rotatable bonds is 4. The van der Waals surface area contributed by atoms with Gasteiger partial charge in [-0.1, -0.05) is 34.1 Å². The van der Waals surface area contributed by atoms with Crippen LogP contribution in [0.4, 0.5) is 10.1 Å². The number of carbonyl (C=O) groups is 1. The number of halogens is 2. The highest BCUT2D eigenvalue weighted by molar-refractivity contribution is 9.10. The molecule has 120 valence electrons. The molecule has 4 nitrogen and oxygen atoms in total. The van der Waals surface area contributed by atoms with Crippen LogP contribution in [0.15, 0.2) is 71.3 Å². The summed E-state index contributed by atoms with van der Waals surface area (Å²) in [5, 5.41) is 2.63. The molecule has 0 bridgehead atoms. The van der Waals surface area contributed by atoms with E-state index in [2.05, 4.69) is 26.2 Å². The van der Waals surface area contributed by atoms with E-state index in [0.717, 1.165) is 0 Å². The van der Waals surface area contributed by atoms with Crippen LogP contribution in [0.25, 0.3) is 0 Å². The van der Waals surface area contributed by atoms with Crippen molar-refractivity contribution in [1.29, 1.82) is 0 Å². The molecule has 1 amide bonds. The van der Waals surface area contributed by atoms with Crippen molar-refractivity contribution in [1.82, 2.24) is 4.98 Å². The van der Waals surface area contributed by atoms with E-state index in [4.69, 9.17) is 4.74 Å². The van der Waals surface area contributed by atoms with E-state index in [0.29, 0.717) is 21.8 Å². The van der Waals surface area contributed by atoms with Crippen LogP contribution in [0.1, 0.15) is 10.4 Å². The molecule has 0 saturated carbocycles. The van der Waals surface area contributed by atoms with E-state index in [9.17, 15) is 9.18 Å². The van der Waals surface area contributed by atoms with Crippen LogP contribution in [0.3, 0.4) is 0 Å². The van der Waals surface area contributed by atoms with Crippen molar-refractivity contribution in [2.45, 2.75) is 0 Å². The second-order valence-corrected chi connectivity index (χ2v) is 5.79. The molecule has 3 aromatic rings. The van der Waals surface area contributed by atoms with Gasteiger partial charge in [0.05, 0.1) is 5.56 Å².